The fourth-order valence-corrected chi connectivity index (χ4v) is 2.48. The van der Waals surface area contributed by atoms with E-state index in [0.717, 1.165) is 31.2 Å². The summed E-state index contributed by atoms with van der Waals surface area (Å²) < 4.78 is 5.63. The summed E-state index contributed by atoms with van der Waals surface area (Å²) in [5.74, 6) is 1.65. The van der Waals surface area contributed by atoms with Crippen LogP contribution < -0.4 is 15.8 Å². The van der Waals surface area contributed by atoms with Crippen molar-refractivity contribution in [3.05, 3.63) is 29.8 Å². The molecule has 0 bridgehead atoms. The maximum Gasteiger partial charge on any atom is 0.119 e. The van der Waals surface area contributed by atoms with Crippen molar-refractivity contribution in [2.24, 2.45) is 11.7 Å². The Morgan fingerprint density at radius 2 is 2.06 bits per heavy atom. The van der Waals surface area contributed by atoms with Crippen molar-refractivity contribution < 1.29 is 4.74 Å². The van der Waals surface area contributed by atoms with Crippen LogP contribution in [0.1, 0.15) is 38.3 Å². The number of nitrogens with one attached hydrogen (secondary N) is 1. The molecule has 3 N–H and O–H groups in total. The van der Waals surface area contributed by atoms with Crippen LogP contribution in [-0.4, -0.2) is 19.2 Å². The predicted molar refractivity (Wildman–Crippen MR) is 74.7 cm³/mol. The average Bonchev–Trinajstić information content (AvgIpc) is 2.82. The zero-order chi connectivity index (χ0) is 13.0. The molecule has 2 rings (SSSR count). The van der Waals surface area contributed by atoms with Gasteiger partial charge in [-0.15, -0.1) is 0 Å². The number of rotatable bonds is 5. The first kappa shape index (κ1) is 13.4. The fraction of sp³-hybridized carbons (Fsp3) is 0.600. The molecule has 1 aliphatic rings. The van der Waals surface area contributed by atoms with Crippen LogP contribution in [0.25, 0.3) is 0 Å². The van der Waals surface area contributed by atoms with Gasteiger partial charge in [0.15, 0.2) is 0 Å². The molecule has 1 fully saturated rings. The van der Waals surface area contributed by atoms with Crippen LogP contribution in [0.15, 0.2) is 24.3 Å². The highest BCUT2D eigenvalue weighted by Gasteiger charge is 2.18. The highest BCUT2D eigenvalue weighted by Crippen LogP contribution is 2.24. The summed E-state index contributed by atoms with van der Waals surface area (Å²) in [5.41, 5.74) is 7.46. The second-order valence-corrected chi connectivity index (χ2v) is 5.44. The quantitative estimate of drug-likeness (QED) is 0.841. The van der Waals surface area contributed by atoms with Crippen LogP contribution in [0.2, 0.25) is 0 Å². The Morgan fingerprint density at radius 3 is 2.61 bits per heavy atom. The van der Waals surface area contributed by atoms with Crippen molar-refractivity contribution in [2.45, 2.75) is 38.8 Å². The predicted octanol–water partition coefficient (Wildman–Crippen LogP) is 2.47. The minimum Gasteiger partial charge on any atom is -0.491 e. The molecule has 0 saturated carbocycles. The topological polar surface area (TPSA) is 47.3 Å². The number of ether oxygens (including phenoxy) is 1. The van der Waals surface area contributed by atoms with E-state index in [2.05, 4.69) is 17.4 Å². The summed E-state index contributed by atoms with van der Waals surface area (Å²) in [6.45, 7) is 6.32. The first-order chi connectivity index (χ1) is 8.65. The van der Waals surface area contributed by atoms with E-state index in [1.165, 1.54) is 12.0 Å². The van der Waals surface area contributed by atoms with Gasteiger partial charge < -0.3 is 15.8 Å². The van der Waals surface area contributed by atoms with Gasteiger partial charge in [0, 0.05) is 6.04 Å². The van der Waals surface area contributed by atoms with E-state index in [-0.39, 0.29) is 12.1 Å². The van der Waals surface area contributed by atoms with Gasteiger partial charge in [0.1, 0.15) is 5.75 Å². The second-order valence-electron chi connectivity index (χ2n) is 5.44. The minimum absolute atomic E-state index is 0.142. The lowest BCUT2D eigenvalue weighted by Gasteiger charge is -2.17. The number of nitrogens with two attached hydrogens (primary N) is 1. The zero-order valence-electron chi connectivity index (χ0n) is 11.4. The molecule has 0 aromatic heterocycles. The van der Waals surface area contributed by atoms with Crippen LogP contribution in [0.3, 0.4) is 0 Å². The van der Waals surface area contributed by atoms with Crippen molar-refractivity contribution in [1.82, 2.24) is 5.32 Å². The maximum absolute atomic E-state index is 6.26. The third-order valence-electron chi connectivity index (χ3n) is 3.43. The monoisotopic (exact) mass is 248 g/mol. The molecule has 0 aliphatic carbocycles. The molecule has 1 aliphatic heterocycles. The van der Waals surface area contributed by atoms with Crippen molar-refractivity contribution in [3.8, 4) is 5.75 Å². The van der Waals surface area contributed by atoms with Crippen LogP contribution in [0.5, 0.6) is 5.75 Å². The molecule has 3 heteroatoms. The second kappa shape index (κ2) is 6.21. The van der Waals surface area contributed by atoms with Crippen LogP contribution in [0.4, 0.5) is 0 Å². The van der Waals surface area contributed by atoms with E-state index >= 15 is 0 Å². The first-order valence-corrected chi connectivity index (χ1v) is 6.88. The van der Waals surface area contributed by atoms with Gasteiger partial charge in [-0.2, -0.15) is 0 Å². The van der Waals surface area contributed by atoms with E-state index in [0.29, 0.717) is 0 Å². The Hall–Kier alpha value is -1.06. The van der Waals surface area contributed by atoms with Gasteiger partial charge in [0.25, 0.3) is 0 Å². The normalized spacial score (nSPS) is 21.2. The highest BCUT2D eigenvalue weighted by atomic mass is 16.5. The molecule has 1 saturated heterocycles. The Balaban J connectivity index is 1.91. The smallest absolute Gasteiger partial charge is 0.119 e. The molecule has 1 aromatic rings. The minimum atomic E-state index is 0.142. The Bertz CT molecular complexity index is 355. The summed E-state index contributed by atoms with van der Waals surface area (Å²) in [5, 5.41) is 3.38. The molecule has 100 valence electrons. The van der Waals surface area contributed by atoms with Gasteiger partial charge in [0.05, 0.1) is 6.10 Å². The molecule has 2 atom stereocenters. The Labute approximate surface area is 110 Å². The Kier molecular flexibility index (Phi) is 4.61. The SMILES string of the molecule is CC(C)Oc1ccc(C(N)CC2CCNC2)cc1. The lowest BCUT2D eigenvalue weighted by atomic mass is 9.95. The molecule has 2 unspecified atom stereocenters. The summed E-state index contributed by atoms with van der Waals surface area (Å²) in [4.78, 5) is 0. The van der Waals surface area contributed by atoms with Gasteiger partial charge in [-0.3, -0.25) is 0 Å². The third kappa shape index (κ3) is 3.72. The van der Waals surface area contributed by atoms with Crippen molar-refractivity contribution in [3.63, 3.8) is 0 Å². The molecule has 0 amide bonds. The van der Waals surface area contributed by atoms with E-state index in [9.17, 15) is 0 Å². The van der Waals surface area contributed by atoms with E-state index in [1.807, 2.05) is 26.0 Å². The van der Waals surface area contributed by atoms with Crippen molar-refractivity contribution in [1.29, 1.82) is 0 Å². The molecular formula is C15H24N2O. The zero-order valence-corrected chi connectivity index (χ0v) is 11.4. The highest BCUT2D eigenvalue weighted by molar-refractivity contribution is 5.29. The first-order valence-electron chi connectivity index (χ1n) is 6.88. The summed E-state index contributed by atoms with van der Waals surface area (Å²) in [6, 6.07) is 8.35. The van der Waals surface area contributed by atoms with Crippen LogP contribution in [0, 0.1) is 5.92 Å². The van der Waals surface area contributed by atoms with Gasteiger partial charge in [-0.05, 0) is 63.4 Å². The lowest BCUT2D eigenvalue weighted by Crippen LogP contribution is -2.17. The molecule has 3 nitrogen and oxygen atoms in total. The molecule has 1 aromatic carbocycles. The van der Waals surface area contributed by atoms with Crippen LogP contribution in [-0.2, 0) is 0 Å². The van der Waals surface area contributed by atoms with Gasteiger partial charge in [0.2, 0.25) is 0 Å². The van der Waals surface area contributed by atoms with Crippen molar-refractivity contribution in [2.75, 3.05) is 13.1 Å². The fourth-order valence-electron chi connectivity index (χ4n) is 2.48. The van der Waals surface area contributed by atoms with Gasteiger partial charge in [-0.25, -0.2) is 0 Å². The largest absolute Gasteiger partial charge is 0.491 e. The summed E-state index contributed by atoms with van der Waals surface area (Å²) >= 11 is 0. The molecule has 0 radical (unpaired) electrons. The van der Waals surface area contributed by atoms with Crippen LogP contribution >= 0.6 is 0 Å². The van der Waals surface area contributed by atoms with Gasteiger partial charge >= 0.3 is 0 Å². The molecule has 1 heterocycles. The van der Waals surface area contributed by atoms with Crippen molar-refractivity contribution >= 4 is 0 Å². The molecular weight excluding hydrogens is 224 g/mol. The van der Waals surface area contributed by atoms with E-state index < -0.39 is 0 Å². The molecule has 0 spiro atoms. The van der Waals surface area contributed by atoms with E-state index in [1.54, 1.807) is 0 Å². The maximum atomic E-state index is 6.26. The van der Waals surface area contributed by atoms with Gasteiger partial charge in [-0.1, -0.05) is 12.1 Å². The molecule has 18 heavy (non-hydrogen) atoms. The standard InChI is InChI=1S/C15H24N2O/c1-11(2)18-14-5-3-13(4-6-14)15(16)9-12-7-8-17-10-12/h3-6,11-12,15,17H,7-10,16H2,1-2H3. The summed E-state index contributed by atoms with van der Waals surface area (Å²) in [7, 11) is 0. The summed E-state index contributed by atoms with van der Waals surface area (Å²) in [6.07, 6.45) is 2.54. The van der Waals surface area contributed by atoms with E-state index in [4.69, 9.17) is 10.5 Å². The average molecular weight is 248 g/mol. The Morgan fingerprint density at radius 1 is 1.33 bits per heavy atom. The number of benzene rings is 1. The number of hydrogen-bond acceptors (Lipinski definition) is 3. The third-order valence-corrected chi connectivity index (χ3v) is 3.43. The number of hydrogen-bond donors (Lipinski definition) is 2. The lowest BCUT2D eigenvalue weighted by molar-refractivity contribution is 0.242.